The number of aromatic nitrogens is 1. The molecular weight excluding hydrogens is 414 g/mol. The largest absolute Gasteiger partial charge is 0.295 e. The van der Waals surface area contributed by atoms with Crippen molar-refractivity contribution >= 4 is 11.9 Å². The maximum absolute atomic E-state index is 11.0. The first-order valence-corrected chi connectivity index (χ1v) is 12.3. The summed E-state index contributed by atoms with van der Waals surface area (Å²) in [6, 6.07) is 14.6. The maximum atomic E-state index is 11.0. The van der Waals surface area contributed by atoms with E-state index >= 15 is 0 Å². The number of rotatable bonds is 5. The Morgan fingerprint density at radius 1 is 0.971 bits per heavy atom. The first-order valence-electron chi connectivity index (χ1n) is 12.3. The molecule has 0 aliphatic rings. The van der Waals surface area contributed by atoms with Gasteiger partial charge in [0.1, 0.15) is 0 Å². The van der Waals surface area contributed by atoms with Gasteiger partial charge in [-0.3, -0.25) is 9.78 Å². The van der Waals surface area contributed by atoms with Gasteiger partial charge in [-0.05, 0) is 74.3 Å². The van der Waals surface area contributed by atoms with Gasteiger partial charge < -0.3 is 0 Å². The predicted molar refractivity (Wildman–Crippen MR) is 148 cm³/mol. The molecule has 3 aromatic rings. The number of benzene rings is 2. The van der Waals surface area contributed by atoms with Gasteiger partial charge in [0.2, 0.25) is 0 Å². The highest BCUT2D eigenvalue weighted by atomic mass is 16.1. The van der Waals surface area contributed by atoms with Crippen molar-refractivity contribution in [3.8, 4) is 11.3 Å². The average Bonchev–Trinajstić information content (AvgIpc) is 2.78. The second-order valence-corrected chi connectivity index (χ2v) is 10.1. The molecule has 0 N–H and O–H groups in total. The molecule has 2 heteroatoms. The number of ketones is 1. The Morgan fingerprint density at radius 2 is 1.62 bits per heavy atom. The first-order chi connectivity index (χ1) is 16.0. The van der Waals surface area contributed by atoms with Crippen LogP contribution in [0.3, 0.4) is 0 Å². The van der Waals surface area contributed by atoms with Crippen molar-refractivity contribution in [3.05, 3.63) is 93.7 Å². The Balaban J connectivity index is 0.000000270. The van der Waals surface area contributed by atoms with Gasteiger partial charge >= 0.3 is 0 Å². The van der Waals surface area contributed by atoms with Gasteiger partial charge in [0.25, 0.3) is 0 Å². The molecule has 0 amide bonds. The molecule has 0 fully saturated rings. The number of Topliss-reactive ketones (excluding diaryl/α,β-unsaturated/α-hetero) is 1. The molecule has 180 valence electrons. The van der Waals surface area contributed by atoms with E-state index in [0.29, 0.717) is 0 Å². The van der Waals surface area contributed by atoms with Crippen LogP contribution in [0.4, 0.5) is 0 Å². The van der Waals surface area contributed by atoms with E-state index in [1.54, 1.807) is 6.92 Å². The fourth-order valence-electron chi connectivity index (χ4n) is 3.94. The quantitative estimate of drug-likeness (QED) is 0.360. The summed E-state index contributed by atoms with van der Waals surface area (Å²) < 4.78 is 0. The van der Waals surface area contributed by atoms with Gasteiger partial charge in [-0.1, -0.05) is 88.7 Å². The molecule has 0 saturated carbocycles. The summed E-state index contributed by atoms with van der Waals surface area (Å²) in [5.74, 6) is 0.125. The van der Waals surface area contributed by atoms with Crippen LogP contribution in [-0.2, 0) is 11.8 Å². The third-order valence-electron chi connectivity index (χ3n) is 6.21. The van der Waals surface area contributed by atoms with Crippen LogP contribution in [0.5, 0.6) is 0 Å². The monoisotopic (exact) mass is 455 g/mol. The van der Waals surface area contributed by atoms with Crippen LogP contribution in [-0.4, -0.2) is 10.8 Å². The van der Waals surface area contributed by atoms with E-state index in [4.69, 9.17) is 4.98 Å². The standard InChI is InChI=1S/C20H25N.C12H16O/c1-6-8-17-10-11-18(14(3)12-17)20-19(9-7-2)16(5)15(4)13-21-20;1-9(13)10-5-7-11(8-6-10)12(2,3)4/h7,9-13H,6,8H2,1-5H3;5-8H,1-4H3/b9-7-;. The number of allylic oxidation sites excluding steroid dienone is 1. The summed E-state index contributed by atoms with van der Waals surface area (Å²) in [5.41, 5.74) is 11.1. The van der Waals surface area contributed by atoms with Crippen molar-refractivity contribution in [1.29, 1.82) is 0 Å². The van der Waals surface area contributed by atoms with Gasteiger partial charge in [-0.25, -0.2) is 0 Å². The minimum absolute atomic E-state index is 0.125. The molecule has 0 radical (unpaired) electrons. The molecule has 0 aliphatic heterocycles. The second-order valence-electron chi connectivity index (χ2n) is 10.1. The predicted octanol–water partition coefficient (Wildman–Crippen LogP) is 8.85. The van der Waals surface area contributed by atoms with Crippen molar-refractivity contribution in [2.24, 2.45) is 0 Å². The highest BCUT2D eigenvalue weighted by molar-refractivity contribution is 5.94. The molecule has 3 rings (SSSR count). The van der Waals surface area contributed by atoms with Crippen LogP contribution in [0, 0.1) is 20.8 Å². The summed E-state index contributed by atoms with van der Waals surface area (Å²) in [5, 5.41) is 0. The summed E-state index contributed by atoms with van der Waals surface area (Å²) in [6.07, 6.45) is 8.57. The lowest BCUT2D eigenvalue weighted by atomic mass is 9.86. The van der Waals surface area contributed by atoms with Crippen molar-refractivity contribution in [2.75, 3.05) is 0 Å². The van der Waals surface area contributed by atoms with E-state index in [-0.39, 0.29) is 11.2 Å². The lowest BCUT2D eigenvalue weighted by Crippen LogP contribution is -2.10. The Morgan fingerprint density at radius 3 is 2.12 bits per heavy atom. The van der Waals surface area contributed by atoms with Crippen LogP contribution in [0.25, 0.3) is 17.3 Å². The third kappa shape index (κ3) is 7.00. The zero-order chi connectivity index (χ0) is 25.5. The van der Waals surface area contributed by atoms with Crippen molar-refractivity contribution < 1.29 is 4.79 Å². The van der Waals surface area contributed by atoms with E-state index in [1.165, 1.54) is 45.4 Å². The van der Waals surface area contributed by atoms with Crippen molar-refractivity contribution in [3.63, 3.8) is 0 Å². The summed E-state index contributed by atoms with van der Waals surface area (Å²) in [6.45, 7) is 18.8. The van der Waals surface area contributed by atoms with Gasteiger partial charge in [0.05, 0.1) is 5.69 Å². The molecular formula is C32H41NO. The average molecular weight is 456 g/mol. The summed E-state index contributed by atoms with van der Waals surface area (Å²) in [4.78, 5) is 15.7. The van der Waals surface area contributed by atoms with Gasteiger partial charge in [0.15, 0.2) is 5.78 Å². The number of pyridine rings is 1. The SMILES string of the molecule is C/C=C\c1c(-c2ccc(CCC)cc2C)ncc(C)c1C.CC(=O)c1ccc(C(C)(C)C)cc1. The fraction of sp³-hybridized carbons (Fsp3) is 0.375. The lowest BCUT2D eigenvalue weighted by molar-refractivity contribution is 0.101. The maximum Gasteiger partial charge on any atom is 0.159 e. The highest BCUT2D eigenvalue weighted by Gasteiger charge is 2.13. The number of carbonyl (C=O) groups excluding carboxylic acids is 1. The summed E-state index contributed by atoms with van der Waals surface area (Å²) in [7, 11) is 0. The van der Waals surface area contributed by atoms with E-state index in [1.807, 2.05) is 30.5 Å². The van der Waals surface area contributed by atoms with E-state index in [0.717, 1.165) is 17.7 Å². The molecule has 34 heavy (non-hydrogen) atoms. The molecule has 2 aromatic carbocycles. The second kappa shape index (κ2) is 11.9. The minimum Gasteiger partial charge on any atom is -0.295 e. The third-order valence-corrected chi connectivity index (χ3v) is 6.21. The molecule has 2 nitrogen and oxygen atoms in total. The molecule has 0 saturated heterocycles. The minimum atomic E-state index is 0.125. The molecule has 0 unspecified atom stereocenters. The summed E-state index contributed by atoms with van der Waals surface area (Å²) >= 11 is 0. The number of aryl methyl sites for hydroxylation is 3. The molecule has 0 spiro atoms. The topological polar surface area (TPSA) is 30.0 Å². The Bertz CT molecular complexity index is 1140. The van der Waals surface area contributed by atoms with Crippen LogP contribution in [0.1, 0.15) is 91.7 Å². The zero-order valence-corrected chi connectivity index (χ0v) is 22.5. The van der Waals surface area contributed by atoms with Crippen molar-refractivity contribution in [1.82, 2.24) is 4.98 Å². The van der Waals surface area contributed by atoms with Crippen molar-refractivity contribution in [2.45, 2.75) is 80.6 Å². The number of hydrogen-bond acceptors (Lipinski definition) is 2. The molecule has 1 heterocycles. The van der Waals surface area contributed by atoms with Gasteiger partial charge in [-0.2, -0.15) is 0 Å². The smallest absolute Gasteiger partial charge is 0.159 e. The Labute approximate surface area is 207 Å². The fourth-order valence-corrected chi connectivity index (χ4v) is 3.94. The van der Waals surface area contributed by atoms with Crippen LogP contribution >= 0.6 is 0 Å². The number of carbonyl (C=O) groups is 1. The highest BCUT2D eigenvalue weighted by Crippen LogP contribution is 2.30. The first kappa shape index (κ1) is 27.2. The zero-order valence-electron chi connectivity index (χ0n) is 22.5. The van der Waals surface area contributed by atoms with Crippen LogP contribution in [0.15, 0.2) is 54.7 Å². The van der Waals surface area contributed by atoms with Crippen LogP contribution in [0.2, 0.25) is 0 Å². The molecule has 0 aliphatic carbocycles. The van der Waals surface area contributed by atoms with E-state index in [2.05, 4.69) is 85.7 Å². The molecule has 0 atom stereocenters. The normalized spacial score (nSPS) is 11.3. The van der Waals surface area contributed by atoms with E-state index < -0.39 is 0 Å². The van der Waals surface area contributed by atoms with E-state index in [9.17, 15) is 4.79 Å². The lowest BCUT2D eigenvalue weighted by Gasteiger charge is -2.18. The Kier molecular flexibility index (Phi) is 9.55. The molecule has 0 bridgehead atoms. The number of nitrogens with zero attached hydrogens (tertiary/aromatic N) is 1. The van der Waals surface area contributed by atoms with Gasteiger partial charge in [-0.15, -0.1) is 0 Å². The Hall–Kier alpha value is -3.00. The van der Waals surface area contributed by atoms with Crippen LogP contribution < -0.4 is 0 Å². The number of hydrogen-bond donors (Lipinski definition) is 0. The van der Waals surface area contributed by atoms with Gasteiger partial charge in [0, 0.05) is 22.9 Å². The molecule has 1 aromatic heterocycles.